The van der Waals surface area contributed by atoms with Gasteiger partial charge in [0.15, 0.2) is 0 Å². The molecule has 0 aliphatic carbocycles. The summed E-state index contributed by atoms with van der Waals surface area (Å²) in [4.78, 5) is 52.3. The number of piperazine rings is 1. The standard InChI is InChI=1S/C23H26N4O4/c1-16-5-3-4-6-19(16)23(31)27-13-11-26(12-14-27)21(29)15-20(28)25-18-9-7-17(8-10-18)22(30)24-2/h3-10H,11-15H2,1-2H3,(H,24,30)(H,25,28). The van der Waals surface area contributed by atoms with Gasteiger partial charge in [0.25, 0.3) is 11.8 Å². The number of nitrogens with zero attached hydrogens (tertiary/aromatic N) is 2. The fourth-order valence-electron chi connectivity index (χ4n) is 3.45. The summed E-state index contributed by atoms with van der Waals surface area (Å²) >= 11 is 0. The Balaban J connectivity index is 1.48. The third kappa shape index (κ3) is 5.48. The van der Waals surface area contributed by atoms with Gasteiger partial charge in [-0.15, -0.1) is 0 Å². The van der Waals surface area contributed by atoms with E-state index in [1.54, 1.807) is 47.2 Å². The number of benzene rings is 2. The van der Waals surface area contributed by atoms with E-state index in [-0.39, 0.29) is 24.1 Å². The number of aryl methyl sites for hydroxylation is 1. The van der Waals surface area contributed by atoms with Gasteiger partial charge in [0.05, 0.1) is 0 Å². The third-order valence-electron chi connectivity index (χ3n) is 5.26. The van der Waals surface area contributed by atoms with Crippen LogP contribution in [0, 0.1) is 6.92 Å². The number of carbonyl (C=O) groups excluding carboxylic acids is 4. The summed E-state index contributed by atoms with van der Waals surface area (Å²) < 4.78 is 0. The van der Waals surface area contributed by atoms with Gasteiger partial charge in [-0.3, -0.25) is 19.2 Å². The van der Waals surface area contributed by atoms with Crippen molar-refractivity contribution in [1.29, 1.82) is 0 Å². The van der Waals surface area contributed by atoms with Crippen molar-refractivity contribution in [2.75, 3.05) is 38.5 Å². The first kappa shape index (κ1) is 22.0. The number of hydrogen-bond acceptors (Lipinski definition) is 4. The number of anilines is 1. The van der Waals surface area contributed by atoms with Crippen LogP contribution in [0.4, 0.5) is 5.69 Å². The van der Waals surface area contributed by atoms with Crippen molar-refractivity contribution in [3.63, 3.8) is 0 Å². The summed E-state index contributed by atoms with van der Waals surface area (Å²) in [5.41, 5.74) is 2.59. The lowest BCUT2D eigenvalue weighted by atomic mass is 10.1. The summed E-state index contributed by atoms with van der Waals surface area (Å²) in [5.74, 6) is -0.949. The minimum absolute atomic E-state index is 0.0388. The number of amides is 4. The summed E-state index contributed by atoms with van der Waals surface area (Å²) in [6.07, 6.45) is -0.275. The quantitative estimate of drug-likeness (QED) is 0.716. The minimum Gasteiger partial charge on any atom is -0.355 e. The fourth-order valence-corrected chi connectivity index (χ4v) is 3.45. The molecule has 4 amide bonds. The van der Waals surface area contributed by atoms with Crippen LogP contribution in [0.25, 0.3) is 0 Å². The summed E-state index contributed by atoms with van der Waals surface area (Å²) in [5, 5.41) is 5.19. The first-order valence-corrected chi connectivity index (χ1v) is 10.1. The van der Waals surface area contributed by atoms with E-state index < -0.39 is 5.91 Å². The molecule has 0 unspecified atom stereocenters. The molecule has 0 radical (unpaired) electrons. The first-order valence-electron chi connectivity index (χ1n) is 10.1. The zero-order chi connectivity index (χ0) is 22.4. The van der Waals surface area contributed by atoms with Crippen molar-refractivity contribution >= 4 is 29.3 Å². The van der Waals surface area contributed by atoms with Crippen LogP contribution in [-0.2, 0) is 9.59 Å². The third-order valence-corrected chi connectivity index (χ3v) is 5.26. The van der Waals surface area contributed by atoms with Crippen molar-refractivity contribution in [3.05, 3.63) is 65.2 Å². The number of nitrogens with one attached hydrogen (secondary N) is 2. The molecule has 162 valence electrons. The van der Waals surface area contributed by atoms with E-state index >= 15 is 0 Å². The van der Waals surface area contributed by atoms with Crippen molar-refractivity contribution in [3.8, 4) is 0 Å². The second-order valence-corrected chi connectivity index (χ2v) is 7.37. The second kappa shape index (κ2) is 9.88. The lowest BCUT2D eigenvalue weighted by molar-refractivity contribution is -0.135. The van der Waals surface area contributed by atoms with E-state index in [9.17, 15) is 19.2 Å². The van der Waals surface area contributed by atoms with Crippen LogP contribution in [0.15, 0.2) is 48.5 Å². The molecule has 2 aromatic rings. The molecule has 1 saturated heterocycles. The molecule has 1 aliphatic heterocycles. The predicted molar refractivity (Wildman–Crippen MR) is 117 cm³/mol. The van der Waals surface area contributed by atoms with E-state index in [0.29, 0.717) is 43.0 Å². The maximum atomic E-state index is 12.7. The fraction of sp³-hybridized carbons (Fsp3) is 0.304. The highest BCUT2D eigenvalue weighted by atomic mass is 16.2. The minimum atomic E-state index is -0.420. The molecule has 3 rings (SSSR count). The topological polar surface area (TPSA) is 98.8 Å². The molecule has 31 heavy (non-hydrogen) atoms. The van der Waals surface area contributed by atoms with Gasteiger partial charge in [0.1, 0.15) is 6.42 Å². The predicted octanol–water partition coefficient (Wildman–Crippen LogP) is 1.67. The molecule has 0 spiro atoms. The number of rotatable bonds is 5. The maximum Gasteiger partial charge on any atom is 0.254 e. The molecule has 0 bridgehead atoms. The summed E-state index contributed by atoms with van der Waals surface area (Å²) in [7, 11) is 1.54. The highest BCUT2D eigenvalue weighted by Crippen LogP contribution is 2.14. The Hall–Kier alpha value is -3.68. The lowest BCUT2D eigenvalue weighted by Gasteiger charge is -2.35. The van der Waals surface area contributed by atoms with Crippen LogP contribution in [0.3, 0.4) is 0 Å². The monoisotopic (exact) mass is 422 g/mol. The Morgan fingerprint density at radius 1 is 0.871 bits per heavy atom. The van der Waals surface area contributed by atoms with Crippen LogP contribution in [0.1, 0.15) is 32.7 Å². The molecule has 0 atom stereocenters. The molecule has 8 nitrogen and oxygen atoms in total. The second-order valence-electron chi connectivity index (χ2n) is 7.37. The van der Waals surface area contributed by atoms with E-state index in [4.69, 9.17) is 0 Å². The molecule has 8 heteroatoms. The molecule has 1 aliphatic rings. The normalized spacial score (nSPS) is 13.5. The van der Waals surface area contributed by atoms with E-state index in [1.807, 2.05) is 25.1 Å². The van der Waals surface area contributed by atoms with Gasteiger partial charge < -0.3 is 20.4 Å². The van der Waals surface area contributed by atoms with Crippen molar-refractivity contribution in [1.82, 2.24) is 15.1 Å². The van der Waals surface area contributed by atoms with Crippen molar-refractivity contribution in [2.24, 2.45) is 0 Å². The number of carbonyl (C=O) groups is 4. The highest BCUT2D eigenvalue weighted by Gasteiger charge is 2.26. The maximum absolute atomic E-state index is 12.7. The van der Waals surface area contributed by atoms with Crippen LogP contribution < -0.4 is 10.6 Å². The molecule has 1 heterocycles. The Bertz CT molecular complexity index is 979. The Morgan fingerprint density at radius 2 is 1.48 bits per heavy atom. The van der Waals surface area contributed by atoms with Gasteiger partial charge in [-0.1, -0.05) is 18.2 Å². The molecule has 2 aromatic carbocycles. The smallest absolute Gasteiger partial charge is 0.254 e. The SMILES string of the molecule is CNC(=O)c1ccc(NC(=O)CC(=O)N2CCN(C(=O)c3ccccc3C)CC2)cc1. The lowest BCUT2D eigenvalue weighted by Crippen LogP contribution is -2.51. The number of hydrogen-bond donors (Lipinski definition) is 2. The van der Waals surface area contributed by atoms with Crippen molar-refractivity contribution < 1.29 is 19.2 Å². The first-order chi connectivity index (χ1) is 14.9. The average Bonchev–Trinajstić information content (AvgIpc) is 2.79. The Morgan fingerprint density at radius 3 is 2.10 bits per heavy atom. The van der Waals surface area contributed by atoms with Crippen LogP contribution in [-0.4, -0.2) is 66.7 Å². The van der Waals surface area contributed by atoms with Gasteiger partial charge in [0, 0.05) is 50.0 Å². The van der Waals surface area contributed by atoms with Gasteiger partial charge in [-0.05, 0) is 42.8 Å². The Kier molecular flexibility index (Phi) is 7.02. The van der Waals surface area contributed by atoms with Gasteiger partial charge in [0.2, 0.25) is 11.8 Å². The summed E-state index contributed by atoms with van der Waals surface area (Å²) in [6.45, 7) is 3.55. The zero-order valence-corrected chi connectivity index (χ0v) is 17.7. The average molecular weight is 422 g/mol. The van der Waals surface area contributed by atoms with Crippen LogP contribution >= 0.6 is 0 Å². The van der Waals surface area contributed by atoms with Gasteiger partial charge >= 0.3 is 0 Å². The van der Waals surface area contributed by atoms with Crippen LogP contribution in [0.2, 0.25) is 0 Å². The molecule has 0 saturated carbocycles. The molecular weight excluding hydrogens is 396 g/mol. The highest BCUT2D eigenvalue weighted by molar-refractivity contribution is 6.04. The zero-order valence-electron chi connectivity index (χ0n) is 17.7. The van der Waals surface area contributed by atoms with Crippen molar-refractivity contribution in [2.45, 2.75) is 13.3 Å². The van der Waals surface area contributed by atoms with E-state index in [1.165, 1.54) is 0 Å². The largest absolute Gasteiger partial charge is 0.355 e. The van der Waals surface area contributed by atoms with E-state index in [0.717, 1.165) is 5.56 Å². The van der Waals surface area contributed by atoms with Crippen LogP contribution in [0.5, 0.6) is 0 Å². The van der Waals surface area contributed by atoms with Gasteiger partial charge in [-0.25, -0.2) is 0 Å². The molecule has 0 aromatic heterocycles. The summed E-state index contributed by atoms with van der Waals surface area (Å²) in [6, 6.07) is 13.9. The van der Waals surface area contributed by atoms with Gasteiger partial charge in [-0.2, -0.15) is 0 Å². The van der Waals surface area contributed by atoms with E-state index in [2.05, 4.69) is 10.6 Å². The molecule has 1 fully saturated rings. The Labute approximate surface area is 181 Å². The molecular formula is C23H26N4O4. The molecule has 2 N–H and O–H groups in total.